The summed E-state index contributed by atoms with van der Waals surface area (Å²) in [5.41, 5.74) is 13.2. The Morgan fingerprint density at radius 1 is 1.32 bits per heavy atom. The molecule has 0 bridgehead atoms. The van der Waals surface area contributed by atoms with Gasteiger partial charge in [0.05, 0.1) is 5.54 Å². The van der Waals surface area contributed by atoms with Gasteiger partial charge in [-0.2, -0.15) is 0 Å². The molecule has 0 radical (unpaired) electrons. The zero-order valence-corrected chi connectivity index (χ0v) is 12.1. The number of nitrogens with two attached hydrogens (primary N) is 2. The van der Waals surface area contributed by atoms with Gasteiger partial charge in [0.25, 0.3) is 0 Å². The Hall–Kier alpha value is -1.84. The van der Waals surface area contributed by atoms with Crippen LogP contribution in [-0.2, 0) is 0 Å². The van der Waals surface area contributed by atoms with Crippen molar-refractivity contribution in [3.63, 3.8) is 0 Å². The topological polar surface area (TPSA) is 77.3 Å². The summed E-state index contributed by atoms with van der Waals surface area (Å²) in [6.45, 7) is 6.50. The van der Waals surface area contributed by atoms with Crippen molar-refractivity contribution >= 4 is 17.6 Å². The van der Waals surface area contributed by atoms with Gasteiger partial charge in [0.15, 0.2) is 0 Å². The van der Waals surface area contributed by atoms with Gasteiger partial charge in [0.1, 0.15) is 5.82 Å². The van der Waals surface area contributed by atoms with Gasteiger partial charge in [-0.25, -0.2) is 4.98 Å². The maximum atomic E-state index is 5.69. The zero-order chi connectivity index (χ0) is 14.3. The molecule has 1 rings (SSSR count). The Labute approximate surface area is 115 Å². The minimum absolute atomic E-state index is 0.00678. The van der Waals surface area contributed by atoms with E-state index in [0.717, 1.165) is 30.4 Å². The highest BCUT2D eigenvalue weighted by Gasteiger charge is 2.21. The van der Waals surface area contributed by atoms with Gasteiger partial charge < -0.3 is 11.5 Å². The minimum Gasteiger partial charge on any atom is -0.404 e. The lowest BCUT2D eigenvalue weighted by atomic mass is 9.90. The van der Waals surface area contributed by atoms with E-state index >= 15 is 0 Å². The van der Waals surface area contributed by atoms with Crippen molar-refractivity contribution < 1.29 is 0 Å². The third kappa shape index (κ3) is 3.81. The molecule has 0 aliphatic heterocycles. The second-order valence-corrected chi connectivity index (χ2v) is 4.63. The number of rotatable bonds is 6. The van der Waals surface area contributed by atoms with Crippen LogP contribution in [-0.4, -0.2) is 16.7 Å². The first-order chi connectivity index (χ1) is 9.10. The van der Waals surface area contributed by atoms with Crippen molar-refractivity contribution in [1.29, 1.82) is 0 Å². The summed E-state index contributed by atoms with van der Waals surface area (Å²) in [6.07, 6.45) is 8.15. The fraction of sp³-hybridized carbons (Fsp3) is 0.467. The summed E-state index contributed by atoms with van der Waals surface area (Å²) < 4.78 is 0. The van der Waals surface area contributed by atoms with Crippen molar-refractivity contribution in [2.45, 2.75) is 45.6 Å². The molecule has 0 aliphatic carbocycles. The normalized spacial score (nSPS) is 13.1. The van der Waals surface area contributed by atoms with Crippen LogP contribution < -0.4 is 11.5 Å². The van der Waals surface area contributed by atoms with Gasteiger partial charge >= 0.3 is 0 Å². The van der Waals surface area contributed by atoms with Crippen molar-refractivity contribution in [2.75, 3.05) is 5.73 Å². The summed E-state index contributed by atoms with van der Waals surface area (Å²) in [5.74, 6) is 0.484. The summed E-state index contributed by atoms with van der Waals surface area (Å²) in [4.78, 5) is 8.73. The second-order valence-electron chi connectivity index (χ2n) is 4.63. The monoisotopic (exact) mass is 260 g/mol. The first-order valence-electron chi connectivity index (χ1n) is 6.79. The van der Waals surface area contributed by atoms with E-state index in [1.54, 1.807) is 18.5 Å². The summed E-state index contributed by atoms with van der Waals surface area (Å²) in [6, 6.07) is 3.68. The van der Waals surface area contributed by atoms with Crippen LogP contribution >= 0.6 is 0 Å². The molecule has 104 valence electrons. The lowest BCUT2D eigenvalue weighted by Gasteiger charge is -2.25. The maximum absolute atomic E-state index is 5.69. The van der Waals surface area contributed by atoms with Gasteiger partial charge in [0.2, 0.25) is 0 Å². The molecule has 4 heteroatoms. The van der Waals surface area contributed by atoms with Gasteiger partial charge in [-0.05, 0) is 37.0 Å². The lowest BCUT2D eigenvalue weighted by Crippen LogP contribution is -2.23. The molecule has 0 fully saturated rings. The van der Waals surface area contributed by atoms with E-state index in [9.17, 15) is 0 Å². The van der Waals surface area contributed by atoms with E-state index < -0.39 is 0 Å². The molecule has 0 aromatic carbocycles. The Morgan fingerprint density at radius 2 is 1.95 bits per heavy atom. The number of hydrogen-bond donors (Lipinski definition) is 2. The average Bonchev–Trinajstić information content (AvgIpc) is 2.44. The molecule has 1 aromatic rings. The summed E-state index contributed by atoms with van der Waals surface area (Å²) in [5, 5.41) is 0. The fourth-order valence-corrected chi connectivity index (χ4v) is 2.07. The van der Waals surface area contributed by atoms with Crippen LogP contribution in [0.1, 0.15) is 45.6 Å². The molecule has 0 unspecified atom stereocenters. The number of nitrogen functional groups attached to an aromatic ring is 1. The average molecular weight is 260 g/mol. The molecule has 0 amide bonds. The highest BCUT2D eigenvalue weighted by atomic mass is 14.8. The van der Waals surface area contributed by atoms with Gasteiger partial charge in [-0.1, -0.05) is 20.8 Å². The molecule has 0 spiro atoms. The molecule has 0 saturated carbocycles. The predicted molar refractivity (Wildman–Crippen MR) is 82.9 cm³/mol. The largest absolute Gasteiger partial charge is 0.404 e. The van der Waals surface area contributed by atoms with Crippen molar-refractivity contribution in [3.8, 4) is 0 Å². The Balaban J connectivity index is 3.01. The summed E-state index contributed by atoms with van der Waals surface area (Å²) >= 11 is 0. The van der Waals surface area contributed by atoms with Crippen LogP contribution in [0.2, 0.25) is 0 Å². The lowest BCUT2D eigenvalue weighted by molar-refractivity contribution is 0.388. The van der Waals surface area contributed by atoms with E-state index in [0.29, 0.717) is 5.82 Å². The first-order valence-corrected chi connectivity index (χ1v) is 6.79. The van der Waals surface area contributed by atoms with Gasteiger partial charge in [0, 0.05) is 24.2 Å². The molecular weight excluding hydrogens is 236 g/mol. The third-order valence-corrected chi connectivity index (χ3v) is 3.75. The number of aliphatic imine (C=N–C) groups is 1. The van der Waals surface area contributed by atoms with Crippen molar-refractivity contribution in [3.05, 3.63) is 30.1 Å². The molecule has 0 atom stereocenters. The SMILES string of the molecule is CCC(CC)(CC)N=C/C(=C\N)c1ccnc(N)c1. The minimum atomic E-state index is 0.00678. The highest BCUT2D eigenvalue weighted by Crippen LogP contribution is 2.25. The molecular formula is C15H24N4. The molecule has 0 saturated heterocycles. The van der Waals surface area contributed by atoms with Crippen LogP contribution in [0.25, 0.3) is 5.57 Å². The molecule has 4 N–H and O–H groups in total. The maximum Gasteiger partial charge on any atom is 0.123 e. The smallest absolute Gasteiger partial charge is 0.123 e. The van der Waals surface area contributed by atoms with E-state index in [-0.39, 0.29) is 5.54 Å². The number of allylic oxidation sites excluding steroid dienone is 1. The first kappa shape index (κ1) is 15.2. The Bertz CT molecular complexity index is 451. The van der Waals surface area contributed by atoms with Crippen molar-refractivity contribution in [1.82, 2.24) is 4.98 Å². The molecule has 0 aliphatic rings. The zero-order valence-electron chi connectivity index (χ0n) is 12.1. The number of hydrogen-bond acceptors (Lipinski definition) is 4. The van der Waals surface area contributed by atoms with E-state index in [1.165, 1.54) is 0 Å². The summed E-state index contributed by atoms with van der Waals surface area (Å²) in [7, 11) is 0. The third-order valence-electron chi connectivity index (χ3n) is 3.75. The molecule has 4 nitrogen and oxygen atoms in total. The fourth-order valence-electron chi connectivity index (χ4n) is 2.07. The predicted octanol–water partition coefficient (Wildman–Crippen LogP) is 3.00. The Kier molecular flexibility index (Phi) is 5.55. The number of anilines is 1. The molecule has 1 aromatic heterocycles. The van der Waals surface area contributed by atoms with Gasteiger partial charge in [-0.3, -0.25) is 4.99 Å². The Morgan fingerprint density at radius 3 is 2.42 bits per heavy atom. The van der Waals surface area contributed by atoms with Crippen LogP contribution in [0.5, 0.6) is 0 Å². The number of pyridine rings is 1. The standard InChI is InChI=1S/C15H24N4/c1-4-15(5-2,6-3)19-11-13(10-16)12-7-8-18-14(17)9-12/h7-11H,4-6,16H2,1-3H3,(H2,17,18)/b13-10+,19-11?. The highest BCUT2D eigenvalue weighted by molar-refractivity contribution is 6.09. The van der Waals surface area contributed by atoms with E-state index in [1.807, 2.05) is 12.3 Å². The van der Waals surface area contributed by atoms with Crippen LogP contribution in [0.15, 0.2) is 29.5 Å². The quantitative estimate of drug-likeness (QED) is 0.772. The van der Waals surface area contributed by atoms with E-state index in [2.05, 4.69) is 25.8 Å². The van der Waals surface area contributed by atoms with Crippen LogP contribution in [0.4, 0.5) is 5.82 Å². The molecule has 1 heterocycles. The van der Waals surface area contributed by atoms with E-state index in [4.69, 9.17) is 16.5 Å². The number of aromatic nitrogens is 1. The second kappa shape index (κ2) is 6.92. The van der Waals surface area contributed by atoms with Gasteiger partial charge in [-0.15, -0.1) is 0 Å². The molecule has 19 heavy (non-hydrogen) atoms. The van der Waals surface area contributed by atoms with Crippen LogP contribution in [0.3, 0.4) is 0 Å². The van der Waals surface area contributed by atoms with Crippen molar-refractivity contribution in [2.24, 2.45) is 10.7 Å². The number of nitrogens with zero attached hydrogens (tertiary/aromatic N) is 2. The van der Waals surface area contributed by atoms with Crippen LogP contribution in [0, 0.1) is 0 Å².